The third kappa shape index (κ3) is 3.78. The molecule has 5 rings (SSSR count). The molecule has 36 heavy (non-hydrogen) atoms. The number of rotatable bonds is 3. The van der Waals surface area contributed by atoms with Crippen molar-refractivity contribution in [2.24, 2.45) is 0 Å². The fourth-order valence-electron chi connectivity index (χ4n) is 4.45. The van der Waals surface area contributed by atoms with Gasteiger partial charge in [-0.2, -0.15) is 0 Å². The molecule has 2 aliphatic rings. The molecule has 1 aromatic carbocycles. The molecule has 3 aromatic rings. The number of barbiturate groups is 1. The van der Waals surface area contributed by atoms with Gasteiger partial charge in [-0.25, -0.2) is 14.2 Å². The van der Waals surface area contributed by atoms with Crippen molar-refractivity contribution in [3.05, 3.63) is 76.0 Å². The first-order valence-electron chi connectivity index (χ1n) is 11.4. The van der Waals surface area contributed by atoms with Crippen LogP contribution in [0, 0.1) is 5.82 Å². The predicted octanol–water partition coefficient (Wildman–Crippen LogP) is 1.59. The number of hydrogen-bond donors (Lipinski definition) is 0. The Labute approximate surface area is 205 Å². The molecule has 184 valence electrons. The van der Waals surface area contributed by atoms with Crippen LogP contribution in [0.1, 0.15) is 5.56 Å². The van der Waals surface area contributed by atoms with Gasteiger partial charge in [-0.3, -0.25) is 28.6 Å². The van der Waals surface area contributed by atoms with Crippen LogP contribution in [0.25, 0.3) is 11.7 Å². The van der Waals surface area contributed by atoms with Gasteiger partial charge < -0.3 is 9.80 Å². The molecule has 0 spiro atoms. The predicted molar refractivity (Wildman–Crippen MR) is 131 cm³/mol. The number of imide groups is 2. The number of likely N-dealkylation sites (N-methyl/N-ethyl adjacent to an activating group) is 2. The molecule has 10 nitrogen and oxygen atoms in total. The molecule has 0 bridgehead atoms. The lowest BCUT2D eigenvalue weighted by Crippen LogP contribution is -2.53. The summed E-state index contributed by atoms with van der Waals surface area (Å²) in [6.07, 6.45) is 2.77. The molecule has 0 radical (unpaired) electrons. The highest BCUT2D eigenvalue weighted by molar-refractivity contribution is 6.30. The van der Waals surface area contributed by atoms with E-state index in [4.69, 9.17) is 0 Å². The first-order valence-corrected chi connectivity index (χ1v) is 11.4. The second-order valence-corrected chi connectivity index (χ2v) is 8.58. The average Bonchev–Trinajstić information content (AvgIpc) is 2.90. The first kappa shape index (κ1) is 23.2. The summed E-state index contributed by atoms with van der Waals surface area (Å²) in [6.45, 7) is 1.82. The number of urea groups is 1. The Morgan fingerprint density at radius 3 is 2.11 bits per heavy atom. The van der Waals surface area contributed by atoms with Crippen molar-refractivity contribution in [1.82, 2.24) is 19.2 Å². The second kappa shape index (κ2) is 8.91. The maximum absolute atomic E-state index is 14.3. The molecule has 2 saturated heterocycles. The van der Waals surface area contributed by atoms with E-state index in [9.17, 15) is 23.6 Å². The van der Waals surface area contributed by atoms with E-state index in [2.05, 4.69) is 4.98 Å². The number of carbonyl (C=O) groups excluding carboxylic acids is 3. The van der Waals surface area contributed by atoms with E-state index >= 15 is 0 Å². The Morgan fingerprint density at radius 1 is 0.833 bits per heavy atom. The normalized spacial score (nSPS) is 16.9. The number of aromatic nitrogens is 2. The van der Waals surface area contributed by atoms with Gasteiger partial charge in [0.15, 0.2) is 0 Å². The minimum atomic E-state index is -0.795. The molecule has 0 N–H and O–H groups in total. The summed E-state index contributed by atoms with van der Waals surface area (Å²) in [7, 11) is 2.55. The lowest BCUT2D eigenvalue weighted by molar-refractivity contribution is -0.134. The number of carbonyl (C=O) groups is 3. The summed E-state index contributed by atoms with van der Waals surface area (Å²) in [5, 5.41) is 0. The van der Waals surface area contributed by atoms with Crippen molar-refractivity contribution in [1.29, 1.82) is 0 Å². The van der Waals surface area contributed by atoms with Crippen molar-refractivity contribution >= 4 is 41.1 Å². The van der Waals surface area contributed by atoms with Gasteiger partial charge in [0.2, 0.25) is 0 Å². The molecule has 2 fully saturated rings. The monoisotopic (exact) mass is 490 g/mol. The van der Waals surface area contributed by atoms with Crippen molar-refractivity contribution in [2.45, 2.75) is 0 Å². The fourth-order valence-corrected chi connectivity index (χ4v) is 4.45. The third-order valence-electron chi connectivity index (χ3n) is 6.45. The van der Waals surface area contributed by atoms with Gasteiger partial charge in [-0.15, -0.1) is 0 Å². The zero-order valence-corrected chi connectivity index (χ0v) is 19.7. The minimum Gasteiger partial charge on any atom is -0.366 e. The SMILES string of the molecule is CN1C(=O)C(=Cc2c(N3CCN(c4ccccc4F)CC3)nc3ccccn3c2=O)C(=O)N(C)C1=O. The first-order chi connectivity index (χ1) is 17.3. The van der Waals surface area contributed by atoms with Crippen LogP contribution < -0.4 is 15.4 Å². The highest BCUT2D eigenvalue weighted by Crippen LogP contribution is 2.26. The van der Waals surface area contributed by atoms with Gasteiger partial charge in [0.05, 0.1) is 11.3 Å². The molecule has 0 aliphatic carbocycles. The lowest BCUT2D eigenvalue weighted by Gasteiger charge is -2.37. The number of piperazine rings is 1. The standard InChI is InChI=1S/C25H23FN6O4/c1-28-22(33)17(23(34)29(2)25(28)36)15-16-21(27-20-9-5-6-10-32(20)24(16)35)31-13-11-30(12-14-31)19-8-4-3-7-18(19)26/h3-10,15H,11-14H2,1-2H3. The van der Waals surface area contributed by atoms with Gasteiger partial charge in [-0.1, -0.05) is 18.2 Å². The Hall–Kier alpha value is -4.54. The number of pyridine rings is 1. The Bertz CT molecular complexity index is 1470. The number of anilines is 2. The summed E-state index contributed by atoms with van der Waals surface area (Å²) >= 11 is 0. The van der Waals surface area contributed by atoms with Crippen LogP contribution in [0.3, 0.4) is 0 Å². The quantitative estimate of drug-likeness (QED) is 0.406. The molecular formula is C25H23FN6O4. The zero-order valence-electron chi connectivity index (χ0n) is 19.7. The molecule has 2 aliphatic heterocycles. The molecule has 11 heteroatoms. The number of fused-ring (bicyclic) bond motifs is 1. The molecule has 4 amide bonds. The van der Waals surface area contributed by atoms with Crippen LogP contribution in [0.2, 0.25) is 0 Å². The molecule has 0 atom stereocenters. The number of benzene rings is 1. The maximum atomic E-state index is 14.3. The van der Waals surface area contributed by atoms with Gasteiger partial charge in [-0.05, 0) is 30.3 Å². The van der Waals surface area contributed by atoms with E-state index in [1.54, 1.807) is 42.6 Å². The van der Waals surface area contributed by atoms with Crippen molar-refractivity contribution in [2.75, 3.05) is 50.1 Å². The molecule has 4 heterocycles. The lowest BCUT2D eigenvalue weighted by atomic mass is 10.1. The van der Waals surface area contributed by atoms with Gasteiger partial charge in [0, 0.05) is 46.5 Å². The summed E-state index contributed by atoms with van der Waals surface area (Å²) in [5.74, 6) is -1.59. The molecular weight excluding hydrogens is 467 g/mol. The summed E-state index contributed by atoms with van der Waals surface area (Å²) < 4.78 is 15.6. The van der Waals surface area contributed by atoms with Crippen LogP contribution in [0.4, 0.5) is 20.7 Å². The fraction of sp³-hybridized carbons (Fsp3) is 0.240. The van der Waals surface area contributed by atoms with E-state index in [0.29, 0.717) is 43.3 Å². The number of para-hydroxylation sites is 1. The Morgan fingerprint density at radius 2 is 1.44 bits per heavy atom. The van der Waals surface area contributed by atoms with E-state index in [0.717, 1.165) is 9.80 Å². The number of nitrogens with zero attached hydrogens (tertiary/aromatic N) is 6. The van der Waals surface area contributed by atoms with Crippen LogP contribution in [-0.2, 0) is 9.59 Å². The Balaban J connectivity index is 1.57. The van der Waals surface area contributed by atoms with Crippen molar-refractivity contribution in [3.8, 4) is 0 Å². The summed E-state index contributed by atoms with van der Waals surface area (Å²) in [6, 6.07) is 10.9. The molecule has 0 saturated carbocycles. The number of hydrogen-bond acceptors (Lipinski definition) is 7. The Kier molecular flexibility index (Phi) is 5.75. The van der Waals surface area contributed by atoms with Gasteiger partial charge in [0.25, 0.3) is 17.4 Å². The summed E-state index contributed by atoms with van der Waals surface area (Å²) in [4.78, 5) is 61.4. The average molecular weight is 490 g/mol. The summed E-state index contributed by atoms with van der Waals surface area (Å²) in [5.41, 5.74) is 0.205. The minimum absolute atomic E-state index is 0.0610. The van der Waals surface area contributed by atoms with E-state index < -0.39 is 23.4 Å². The van der Waals surface area contributed by atoms with Crippen LogP contribution in [-0.4, -0.2) is 77.3 Å². The van der Waals surface area contributed by atoms with E-state index in [1.165, 1.54) is 30.6 Å². The smallest absolute Gasteiger partial charge is 0.333 e. The number of halogens is 1. The largest absolute Gasteiger partial charge is 0.366 e. The zero-order chi connectivity index (χ0) is 25.6. The number of amides is 4. The highest BCUT2D eigenvalue weighted by atomic mass is 19.1. The topological polar surface area (TPSA) is 98.5 Å². The highest BCUT2D eigenvalue weighted by Gasteiger charge is 2.38. The third-order valence-corrected chi connectivity index (χ3v) is 6.45. The van der Waals surface area contributed by atoms with E-state index in [1.807, 2.05) is 9.80 Å². The van der Waals surface area contributed by atoms with Gasteiger partial charge in [0.1, 0.15) is 22.9 Å². The van der Waals surface area contributed by atoms with Crippen molar-refractivity contribution < 1.29 is 18.8 Å². The van der Waals surface area contributed by atoms with Crippen molar-refractivity contribution in [3.63, 3.8) is 0 Å². The molecule has 0 unspecified atom stereocenters. The molecule has 2 aromatic heterocycles. The van der Waals surface area contributed by atoms with Crippen LogP contribution in [0.15, 0.2) is 59.0 Å². The van der Waals surface area contributed by atoms with Gasteiger partial charge >= 0.3 is 6.03 Å². The second-order valence-electron chi connectivity index (χ2n) is 8.58. The van der Waals surface area contributed by atoms with E-state index in [-0.39, 0.29) is 17.0 Å². The van der Waals surface area contributed by atoms with Crippen LogP contribution in [0.5, 0.6) is 0 Å². The maximum Gasteiger partial charge on any atom is 0.333 e. The van der Waals surface area contributed by atoms with Crippen LogP contribution >= 0.6 is 0 Å².